The van der Waals surface area contributed by atoms with Gasteiger partial charge >= 0.3 is 0 Å². The number of fused-ring (bicyclic) bond motifs is 1. The fraction of sp³-hybridized carbons (Fsp3) is 0.692. The van der Waals surface area contributed by atoms with Crippen LogP contribution in [-0.2, 0) is 15.0 Å². The molecular formula is C26H43N3O2. The molecule has 2 amide bonds. The predicted octanol–water partition coefficient (Wildman–Crippen LogP) is 5.63. The van der Waals surface area contributed by atoms with Gasteiger partial charge in [0.15, 0.2) is 0 Å². The highest BCUT2D eigenvalue weighted by molar-refractivity contribution is 5.94. The highest BCUT2D eigenvalue weighted by atomic mass is 16.2. The number of hydrogen-bond donors (Lipinski definition) is 2. The van der Waals surface area contributed by atoms with E-state index in [-0.39, 0.29) is 30.1 Å². The van der Waals surface area contributed by atoms with Crippen LogP contribution in [0, 0.1) is 5.92 Å². The Hall–Kier alpha value is -2.04. The second kappa shape index (κ2) is 11.0. The molecule has 0 aromatic heterocycles. The van der Waals surface area contributed by atoms with Crippen molar-refractivity contribution in [3.8, 4) is 0 Å². The highest BCUT2D eigenvalue weighted by Gasteiger charge is 2.42. The lowest BCUT2D eigenvalue weighted by atomic mass is 9.81. The summed E-state index contributed by atoms with van der Waals surface area (Å²) in [5.74, 6) is 0.370. The molecule has 2 atom stereocenters. The fourth-order valence-electron chi connectivity index (χ4n) is 4.62. The van der Waals surface area contributed by atoms with Gasteiger partial charge in [-0.25, -0.2) is 0 Å². The van der Waals surface area contributed by atoms with Crippen LogP contribution < -0.4 is 15.5 Å². The molecule has 0 fully saturated rings. The van der Waals surface area contributed by atoms with Gasteiger partial charge in [0.05, 0.1) is 0 Å². The van der Waals surface area contributed by atoms with E-state index in [4.69, 9.17) is 0 Å². The summed E-state index contributed by atoms with van der Waals surface area (Å²) in [6.07, 6.45) is 5.02. The van der Waals surface area contributed by atoms with Crippen molar-refractivity contribution in [3.63, 3.8) is 0 Å². The molecule has 1 aromatic rings. The first-order valence-corrected chi connectivity index (χ1v) is 12.1. The van der Waals surface area contributed by atoms with Crippen molar-refractivity contribution in [3.05, 3.63) is 23.8 Å². The van der Waals surface area contributed by atoms with Gasteiger partial charge in [0.2, 0.25) is 11.8 Å². The molecule has 31 heavy (non-hydrogen) atoms. The molecule has 1 heterocycles. The number of carbonyl (C=O) groups is 2. The normalized spacial score (nSPS) is 18.1. The standard InChI is InChI=1S/C26H43N3O2/c1-8-10-11-20(9-2)17-27-24(30)14-15-25(31)28-21-12-13-22-23(16-21)29(18(3)4)19(5)26(22,6)7/h12-13,16,18-20H,8-11,14-15,17H2,1-7H3,(H,27,30)(H,28,31). The molecule has 0 spiro atoms. The Morgan fingerprint density at radius 1 is 1.13 bits per heavy atom. The van der Waals surface area contributed by atoms with Crippen LogP contribution in [0.25, 0.3) is 0 Å². The zero-order chi connectivity index (χ0) is 23.2. The van der Waals surface area contributed by atoms with Crippen molar-refractivity contribution in [1.29, 1.82) is 0 Å². The van der Waals surface area contributed by atoms with E-state index in [1.54, 1.807) is 0 Å². The van der Waals surface area contributed by atoms with Gasteiger partial charge in [0.25, 0.3) is 0 Å². The molecule has 1 aromatic carbocycles. The third-order valence-corrected chi connectivity index (χ3v) is 6.98. The minimum Gasteiger partial charge on any atom is -0.365 e. The van der Waals surface area contributed by atoms with E-state index >= 15 is 0 Å². The van der Waals surface area contributed by atoms with Crippen LogP contribution in [0.5, 0.6) is 0 Å². The summed E-state index contributed by atoms with van der Waals surface area (Å²) < 4.78 is 0. The summed E-state index contributed by atoms with van der Waals surface area (Å²) in [5.41, 5.74) is 3.37. The third-order valence-electron chi connectivity index (χ3n) is 6.98. The van der Waals surface area contributed by atoms with E-state index in [2.05, 4.69) is 76.1 Å². The number of rotatable bonds is 11. The Bertz CT molecular complexity index is 757. The average molecular weight is 430 g/mol. The average Bonchev–Trinajstić information content (AvgIpc) is 2.91. The van der Waals surface area contributed by atoms with Gasteiger partial charge in [-0.05, 0) is 50.8 Å². The molecular weight excluding hydrogens is 386 g/mol. The van der Waals surface area contributed by atoms with E-state index in [0.29, 0.717) is 24.5 Å². The molecule has 0 bridgehead atoms. The van der Waals surface area contributed by atoms with Gasteiger partial charge in [-0.2, -0.15) is 0 Å². The number of unbranched alkanes of at least 4 members (excludes halogenated alkanes) is 1. The number of nitrogens with one attached hydrogen (secondary N) is 2. The van der Waals surface area contributed by atoms with Crippen LogP contribution in [0.1, 0.15) is 92.6 Å². The Labute approximate surface area is 189 Å². The number of nitrogens with zero attached hydrogens (tertiary/aromatic N) is 1. The molecule has 0 saturated carbocycles. The van der Waals surface area contributed by atoms with Crippen LogP contribution >= 0.6 is 0 Å². The van der Waals surface area contributed by atoms with Gasteiger partial charge in [0, 0.05) is 48.3 Å². The lowest BCUT2D eigenvalue weighted by Crippen LogP contribution is -2.42. The second-order valence-electron chi connectivity index (χ2n) is 9.90. The number of hydrogen-bond acceptors (Lipinski definition) is 3. The molecule has 2 unspecified atom stereocenters. The lowest BCUT2D eigenvalue weighted by Gasteiger charge is -2.34. The molecule has 2 N–H and O–H groups in total. The number of amides is 2. The van der Waals surface area contributed by atoms with Crippen molar-refractivity contribution >= 4 is 23.2 Å². The number of benzene rings is 1. The highest BCUT2D eigenvalue weighted by Crippen LogP contribution is 2.46. The number of anilines is 2. The lowest BCUT2D eigenvalue weighted by molar-refractivity contribution is -0.124. The first-order valence-electron chi connectivity index (χ1n) is 12.1. The minimum atomic E-state index is -0.116. The number of carbonyl (C=O) groups excluding carboxylic acids is 2. The first-order chi connectivity index (χ1) is 14.6. The SMILES string of the molecule is CCCCC(CC)CNC(=O)CCC(=O)Nc1ccc2c(c1)N(C(C)C)C(C)C2(C)C. The summed E-state index contributed by atoms with van der Waals surface area (Å²) in [6, 6.07) is 6.97. The molecule has 174 valence electrons. The largest absolute Gasteiger partial charge is 0.365 e. The van der Waals surface area contributed by atoms with Crippen LogP contribution in [-0.4, -0.2) is 30.4 Å². The molecule has 0 saturated heterocycles. The molecule has 1 aliphatic heterocycles. The zero-order valence-electron chi connectivity index (χ0n) is 20.7. The van der Waals surface area contributed by atoms with Crippen LogP contribution in [0.3, 0.4) is 0 Å². The quantitative estimate of drug-likeness (QED) is 0.479. The smallest absolute Gasteiger partial charge is 0.224 e. The van der Waals surface area contributed by atoms with E-state index in [0.717, 1.165) is 18.5 Å². The second-order valence-corrected chi connectivity index (χ2v) is 9.90. The van der Waals surface area contributed by atoms with Crippen molar-refractivity contribution in [1.82, 2.24) is 5.32 Å². The van der Waals surface area contributed by atoms with Gasteiger partial charge in [-0.1, -0.05) is 53.0 Å². The van der Waals surface area contributed by atoms with Gasteiger partial charge in [-0.15, -0.1) is 0 Å². The topological polar surface area (TPSA) is 61.4 Å². The van der Waals surface area contributed by atoms with E-state index in [1.807, 2.05) is 6.07 Å². The maximum Gasteiger partial charge on any atom is 0.224 e. The Morgan fingerprint density at radius 3 is 2.42 bits per heavy atom. The fourth-order valence-corrected chi connectivity index (χ4v) is 4.62. The van der Waals surface area contributed by atoms with E-state index in [1.165, 1.54) is 24.1 Å². The monoisotopic (exact) mass is 429 g/mol. The van der Waals surface area contributed by atoms with Gasteiger partial charge in [0.1, 0.15) is 0 Å². The zero-order valence-corrected chi connectivity index (χ0v) is 20.7. The molecule has 0 aliphatic carbocycles. The molecule has 5 heteroatoms. The summed E-state index contributed by atoms with van der Waals surface area (Å²) in [4.78, 5) is 27.1. The van der Waals surface area contributed by atoms with Crippen molar-refractivity contribution < 1.29 is 9.59 Å². The maximum absolute atomic E-state index is 12.5. The Balaban J connectivity index is 1.90. The van der Waals surface area contributed by atoms with Gasteiger partial charge < -0.3 is 15.5 Å². The van der Waals surface area contributed by atoms with Crippen LogP contribution in [0.4, 0.5) is 11.4 Å². The first kappa shape index (κ1) is 25.2. The van der Waals surface area contributed by atoms with Crippen LogP contribution in [0.15, 0.2) is 18.2 Å². The predicted molar refractivity (Wildman–Crippen MR) is 131 cm³/mol. The van der Waals surface area contributed by atoms with E-state index in [9.17, 15) is 9.59 Å². The molecule has 0 radical (unpaired) electrons. The third kappa shape index (κ3) is 6.24. The summed E-state index contributed by atoms with van der Waals surface area (Å²) in [5, 5.41) is 5.99. The van der Waals surface area contributed by atoms with Crippen molar-refractivity contribution in [2.45, 2.75) is 104 Å². The van der Waals surface area contributed by atoms with Crippen molar-refractivity contribution in [2.75, 3.05) is 16.8 Å². The minimum absolute atomic E-state index is 0.0411. The summed E-state index contributed by atoms with van der Waals surface area (Å²) in [7, 11) is 0. The van der Waals surface area contributed by atoms with Crippen LogP contribution in [0.2, 0.25) is 0 Å². The van der Waals surface area contributed by atoms with E-state index < -0.39 is 0 Å². The Kier molecular flexibility index (Phi) is 8.96. The summed E-state index contributed by atoms with van der Waals surface area (Å²) in [6.45, 7) is 16.3. The molecule has 5 nitrogen and oxygen atoms in total. The molecule has 1 aliphatic rings. The molecule has 2 rings (SSSR count). The van der Waals surface area contributed by atoms with Gasteiger partial charge in [-0.3, -0.25) is 9.59 Å². The Morgan fingerprint density at radius 2 is 1.81 bits per heavy atom. The van der Waals surface area contributed by atoms with Crippen molar-refractivity contribution in [2.24, 2.45) is 5.92 Å². The summed E-state index contributed by atoms with van der Waals surface area (Å²) >= 11 is 0. The maximum atomic E-state index is 12.5.